The van der Waals surface area contributed by atoms with Gasteiger partial charge in [0.25, 0.3) is 5.91 Å². The number of anilines is 2. The second kappa shape index (κ2) is 17.4. The van der Waals surface area contributed by atoms with Crippen molar-refractivity contribution in [2.75, 3.05) is 36.8 Å². The predicted molar refractivity (Wildman–Crippen MR) is 218 cm³/mol. The van der Waals surface area contributed by atoms with Gasteiger partial charge in [-0.15, -0.1) is 0 Å². The van der Waals surface area contributed by atoms with Crippen LogP contribution in [-0.4, -0.2) is 59.1 Å². The van der Waals surface area contributed by atoms with Crippen LogP contribution in [0.1, 0.15) is 39.9 Å². The number of benzene rings is 5. The minimum Gasteiger partial charge on any atom is -0.506 e. The summed E-state index contributed by atoms with van der Waals surface area (Å²) in [5, 5.41) is 22.6. The maximum Gasteiger partial charge on any atom is 0.319 e. The van der Waals surface area contributed by atoms with Gasteiger partial charge in [0, 0.05) is 49.0 Å². The number of amides is 3. The molecule has 10 nitrogen and oxygen atoms in total. The fraction of sp³-hybridized carbons (Fsp3) is 0.233. The molecule has 1 aromatic heterocycles. The Bertz CT molecular complexity index is 2250. The van der Waals surface area contributed by atoms with E-state index in [0.717, 1.165) is 88.6 Å². The molecule has 6 N–H and O–H groups in total. The first-order chi connectivity index (χ1) is 26.4. The van der Waals surface area contributed by atoms with E-state index in [1.54, 1.807) is 6.07 Å². The Hall–Kier alpha value is -5.75. The van der Waals surface area contributed by atoms with Gasteiger partial charge in [-0.25, -0.2) is 4.79 Å². The van der Waals surface area contributed by atoms with Gasteiger partial charge in [0.05, 0.1) is 10.4 Å². The summed E-state index contributed by atoms with van der Waals surface area (Å²) in [5.74, 6) is -0.0737. The van der Waals surface area contributed by atoms with E-state index in [2.05, 4.69) is 43.3 Å². The van der Waals surface area contributed by atoms with Crippen molar-refractivity contribution < 1.29 is 14.7 Å². The first-order valence-electron chi connectivity index (χ1n) is 18.4. The van der Waals surface area contributed by atoms with Crippen LogP contribution in [0.3, 0.4) is 0 Å². The Kier molecular flexibility index (Phi) is 11.8. The van der Waals surface area contributed by atoms with Gasteiger partial charge in [-0.3, -0.25) is 9.59 Å². The van der Waals surface area contributed by atoms with Gasteiger partial charge >= 0.3 is 10.9 Å². The maximum atomic E-state index is 12.9. The van der Waals surface area contributed by atoms with Crippen molar-refractivity contribution in [1.82, 2.24) is 20.5 Å². The molecule has 6 aromatic rings. The Morgan fingerprint density at radius 2 is 1.52 bits per heavy atom. The van der Waals surface area contributed by atoms with Crippen molar-refractivity contribution >= 4 is 44.9 Å². The lowest BCUT2D eigenvalue weighted by molar-refractivity contribution is 0.102. The molecule has 1 fully saturated rings. The number of aromatic hydroxyl groups is 1. The number of hydrogen-bond acceptors (Lipinski definition) is 7. The zero-order valence-corrected chi connectivity index (χ0v) is 30.8. The lowest BCUT2D eigenvalue weighted by atomic mass is 10.0. The molecule has 5 aromatic carbocycles. The SMILES string of the molecule is O=C(Nc1ccccc1-c1ccccc1)NC1CCN(CCc2ccc(NC(=O)c3ccc(CNCCc4ccc(O)c5[nH]c(=O)sc45)cc3)cc2)CC1. The van der Waals surface area contributed by atoms with Gasteiger partial charge in [-0.2, -0.15) is 0 Å². The summed E-state index contributed by atoms with van der Waals surface area (Å²) in [7, 11) is 0. The molecule has 276 valence electrons. The minimum atomic E-state index is -0.179. The molecule has 3 amide bonds. The third kappa shape index (κ3) is 9.42. The lowest BCUT2D eigenvalue weighted by Gasteiger charge is -2.32. The van der Waals surface area contributed by atoms with E-state index in [9.17, 15) is 19.5 Å². The van der Waals surface area contributed by atoms with Crippen LogP contribution < -0.4 is 26.1 Å². The molecule has 0 spiro atoms. The molecule has 0 bridgehead atoms. The molecule has 11 heteroatoms. The standard InChI is InChI=1S/C43H44N6O4S/c50-38-19-16-32(40-39(38)48-43(53)54-40)20-24-44-28-30-10-14-33(15-11-30)41(51)45-34-17-12-29(13-18-34)21-25-49-26-22-35(23-27-49)46-42(52)47-37-9-5-4-8-36(37)31-6-2-1-3-7-31/h1-19,35,44,50H,20-28H2,(H,45,51)(H,48,53)(H2,46,47,52). The average molecular weight is 741 g/mol. The van der Waals surface area contributed by atoms with Crippen LogP contribution in [0.25, 0.3) is 21.3 Å². The first kappa shape index (κ1) is 36.6. The van der Waals surface area contributed by atoms with Crippen LogP contribution in [0.4, 0.5) is 16.2 Å². The third-order valence-corrected chi connectivity index (χ3v) is 10.8. The number of carbonyl (C=O) groups is 2. The fourth-order valence-electron chi connectivity index (χ4n) is 6.85. The van der Waals surface area contributed by atoms with E-state index >= 15 is 0 Å². The molecule has 0 atom stereocenters. The van der Waals surface area contributed by atoms with Crippen molar-refractivity contribution in [2.45, 2.75) is 38.3 Å². The summed E-state index contributed by atoms with van der Waals surface area (Å²) < 4.78 is 0.790. The summed E-state index contributed by atoms with van der Waals surface area (Å²) in [6.07, 6.45) is 3.43. The molecule has 0 aliphatic carbocycles. The summed E-state index contributed by atoms with van der Waals surface area (Å²) in [6, 6.07) is 36.9. The molecule has 0 saturated carbocycles. The van der Waals surface area contributed by atoms with Crippen molar-refractivity contribution in [3.63, 3.8) is 0 Å². The fourth-order valence-corrected chi connectivity index (χ4v) is 7.75. The van der Waals surface area contributed by atoms with E-state index in [-0.39, 0.29) is 28.6 Å². The summed E-state index contributed by atoms with van der Waals surface area (Å²) >= 11 is 1.11. The number of rotatable bonds is 13. The molecular weight excluding hydrogens is 697 g/mol. The minimum absolute atomic E-state index is 0.0841. The van der Waals surface area contributed by atoms with Crippen LogP contribution in [-0.2, 0) is 19.4 Å². The number of aromatic amines is 1. The van der Waals surface area contributed by atoms with Crippen LogP contribution >= 0.6 is 11.3 Å². The topological polar surface area (TPSA) is 139 Å². The first-order valence-corrected chi connectivity index (χ1v) is 19.2. The number of fused-ring (bicyclic) bond motifs is 1. The van der Waals surface area contributed by atoms with Gasteiger partial charge in [0.2, 0.25) is 0 Å². The number of H-pyrrole nitrogens is 1. The van der Waals surface area contributed by atoms with Gasteiger partial charge in [-0.1, -0.05) is 90.2 Å². The van der Waals surface area contributed by atoms with Gasteiger partial charge in [-0.05, 0) is 90.9 Å². The number of aromatic nitrogens is 1. The number of likely N-dealkylation sites (tertiary alicyclic amines) is 1. The number of carbonyl (C=O) groups excluding carboxylic acids is 2. The number of nitrogens with zero attached hydrogens (tertiary/aromatic N) is 1. The number of phenolic OH excluding ortho intramolecular Hbond substituents is 1. The number of piperidine rings is 1. The lowest BCUT2D eigenvalue weighted by Crippen LogP contribution is -2.46. The highest BCUT2D eigenvalue weighted by Crippen LogP contribution is 2.29. The smallest absolute Gasteiger partial charge is 0.319 e. The Balaban J connectivity index is 0.799. The molecule has 1 aliphatic heterocycles. The number of hydrogen-bond donors (Lipinski definition) is 6. The van der Waals surface area contributed by atoms with Crippen molar-refractivity contribution in [3.05, 3.63) is 147 Å². The van der Waals surface area contributed by atoms with E-state index in [1.165, 1.54) is 5.56 Å². The molecule has 0 radical (unpaired) electrons. The van der Waals surface area contributed by atoms with Gasteiger partial charge in [0.1, 0.15) is 11.3 Å². The molecular formula is C43H44N6O4S. The highest BCUT2D eigenvalue weighted by atomic mass is 32.1. The normalized spacial score (nSPS) is 13.5. The monoisotopic (exact) mass is 740 g/mol. The van der Waals surface area contributed by atoms with Crippen molar-refractivity contribution in [3.8, 4) is 16.9 Å². The van der Waals surface area contributed by atoms with Crippen LogP contribution in [0.15, 0.2) is 120 Å². The molecule has 2 heterocycles. The number of thiazole rings is 1. The molecule has 54 heavy (non-hydrogen) atoms. The zero-order valence-electron chi connectivity index (χ0n) is 29.9. The molecule has 7 rings (SSSR count). The molecule has 1 aliphatic rings. The number of nitrogens with one attached hydrogen (secondary N) is 5. The summed E-state index contributed by atoms with van der Waals surface area (Å²) in [4.78, 5) is 42.5. The molecule has 0 unspecified atom stereocenters. The van der Waals surface area contributed by atoms with Gasteiger partial charge < -0.3 is 36.3 Å². The highest BCUT2D eigenvalue weighted by Gasteiger charge is 2.21. The quantitative estimate of drug-likeness (QED) is 0.0684. The molecule has 1 saturated heterocycles. The van der Waals surface area contributed by atoms with E-state index in [0.29, 0.717) is 30.6 Å². The third-order valence-electron chi connectivity index (χ3n) is 9.87. The van der Waals surface area contributed by atoms with E-state index < -0.39 is 0 Å². The van der Waals surface area contributed by atoms with Crippen molar-refractivity contribution in [2.24, 2.45) is 0 Å². The number of para-hydroxylation sites is 1. The predicted octanol–water partition coefficient (Wildman–Crippen LogP) is 7.38. The van der Waals surface area contributed by atoms with Crippen molar-refractivity contribution in [1.29, 1.82) is 0 Å². The second-order valence-electron chi connectivity index (χ2n) is 13.6. The maximum absolute atomic E-state index is 12.9. The van der Waals surface area contributed by atoms with E-state index in [4.69, 9.17) is 0 Å². The van der Waals surface area contributed by atoms with Crippen LogP contribution in [0.5, 0.6) is 5.75 Å². The van der Waals surface area contributed by atoms with E-state index in [1.807, 2.05) is 97.1 Å². The highest BCUT2D eigenvalue weighted by molar-refractivity contribution is 7.16. The largest absolute Gasteiger partial charge is 0.506 e. The summed E-state index contributed by atoms with van der Waals surface area (Å²) in [6.45, 7) is 4.14. The number of phenols is 1. The van der Waals surface area contributed by atoms with Crippen LogP contribution in [0.2, 0.25) is 0 Å². The summed E-state index contributed by atoms with van der Waals surface area (Å²) in [5.41, 5.74) is 7.97. The second-order valence-corrected chi connectivity index (χ2v) is 14.6. The average Bonchev–Trinajstić information content (AvgIpc) is 3.61. The Labute approximate surface area is 318 Å². The van der Waals surface area contributed by atoms with Crippen LogP contribution in [0, 0.1) is 0 Å². The number of urea groups is 1. The Morgan fingerprint density at radius 1 is 0.796 bits per heavy atom. The zero-order chi connectivity index (χ0) is 37.3. The van der Waals surface area contributed by atoms with Gasteiger partial charge in [0.15, 0.2) is 0 Å². The Morgan fingerprint density at radius 3 is 2.30 bits per heavy atom.